The van der Waals surface area contributed by atoms with Crippen molar-refractivity contribution in [3.63, 3.8) is 0 Å². The van der Waals surface area contributed by atoms with E-state index in [2.05, 4.69) is 33.0 Å². The van der Waals surface area contributed by atoms with E-state index in [9.17, 15) is 29.4 Å². The topological polar surface area (TPSA) is 167 Å². The molecule has 0 saturated carbocycles. The average molecular weight is 822 g/mol. The van der Waals surface area contributed by atoms with E-state index in [-0.39, 0.29) is 41.5 Å². The van der Waals surface area contributed by atoms with Crippen LogP contribution in [0.4, 0.5) is 10.5 Å². The predicted octanol–water partition coefficient (Wildman–Crippen LogP) is 5.70. The van der Waals surface area contributed by atoms with Crippen LogP contribution in [-0.4, -0.2) is 112 Å². The summed E-state index contributed by atoms with van der Waals surface area (Å²) >= 11 is 8.54. The van der Waals surface area contributed by atoms with E-state index >= 15 is 0 Å². The Labute approximate surface area is 340 Å². The lowest BCUT2D eigenvalue weighted by Crippen LogP contribution is -2.63. The van der Waals surface area contributed by atoms with E-state index in [0.29, 0.717) is 29.3 Å². The summed E-state index contributed by atoms with van der Waals surface area (Å²) in [4.78, 5) is 57.0. The quantitative estimate of drug-likeness (QED) is 0.196. The van der Waals surface area contributed by atoms with Crippen LogP contribution in [0, 0.1) is 5.92 Å². The van der Waals surface area contributed by atoms with E-state index in [1.54, 1.807) is 70.9 Å². The molecule has 0 radical (unpaired) electrons. The van der Waals surface area contributed by atoms with Gasteiger partial charge in [-0.1, -0.05) is 76.1 Å². The van der Waals surface area contributed by atoms with Crippen LogP contribution in [0.1, 0.15) is 92.2 Å². The summed E-state index contributed by atoms with van der Waals surface area (Å²) < 4.78 is 23.6. The molecule has 1 aromatic carbocycles. The number of benzene rings is 1. The second-order valence-electron chi connectivity index (χ2n) is 16.4. The van der Waals surface area contributed by atoms with E-state index in [1.165, 1.54) is 16.9 Å². The number of hydrogen-bond acceptors (Lipinski definition) is 11. The lowest BCUT2D eigenvalue weighted by atomic mass is 9.83. The molecule has 312 valence electrons. The first-order chi connectivity index (χ1) is 26.0. The Morgan fingerprint density at radius 3 is 2.54 bits per heavy atom. The van der Waals surface area contributed by atoms with E-state index in [1.807, 2.05) is 13.0 Å². The zero-order chi connectivity index (χ0) is 41.9. The van der Waals surface area contributed by atoms with Crippen LogP contribution in [0.2, 0.25) is 5.02 Å². The van der Waals surface area contributed by atoms with Crippen molar-refractivity contribution in [2.75, 3.05) is 26.1 Å². The maximum absolute atomic E-state index is 14.2. The summed E-state index contributed by atoms with van der Waals surface area (Å²) in [6.07, 6.45) is 1.65. The fraction of sp³-hybridized carbons (Fsp3) is 0.659. The van der Waals surface area contributed by atoms with Crippen LogP contribution in [-0.2, 0) is 46.4 Å². The maximum Gasteiger partial charge on any atom is 0.409 e. The second-order valence-corrected chi connectivity index (χ2v) is 19.1. The number of aliphatic hydroxyl groups excluding tert-OH is 1. The number of likely N-dealkylation sites (N-methyl/N-ethyl adjacent to an activating group) is 1. The van der Waals surface area contributed by atoms with Crippen molar-refractivity contribution in [3.05, 3.63) is 52.1 Å². The molecular weight excluding hydrogens is 762 g/mol. The third-order valence-corrected chi connectivity index (χ3v) is 12.8. The molecule has 4 rings (SSSR count). The third kappa shape index (κ3) is 10.7. The van der Waals surface area contributed by atoms with Gasteiger partial charge in [0.25, 0.3) is 0 Å². The monoisotopic (exact) mass is 821 g/mol. The molecule has 8 atom stereocenters. The maximum atomic E-state index is 14.2. The first-order valence-electron chi connectivity index (χ1n) is 19.1. The zero-order valence-electron chi connectivity index (χ0n) is 34.5. The minimum atomic E-state index is -1.84. The van der Waals surface area contributed by atoms with Gasteiger partial charge < -0.3 is 39.0 Å². The minimum absolute atomic E-state index is 0.0573. The molecular formula is C41H60ClN3O10S. The number of nitrogens with zero attached hydrogens (tertiary/aromatic N) is 2. The summed E-state index contributed by atoms with van der Waals surface area (Å²) in [6.45, 7) is 15.0. The highest BCUT2D eigenvalue weighted by Gasteiger charge is 2.64. The molecule has 1 aromatic rings. The van der Waals surface area contributed by atoms with E-state index < -0.39 is 65.7 Å². The Hall–Kier alpha value is -3.14. The number of rotatable bonds is 10. The van der Waals surface area contributed by atoms with Crippen molar-refractivity contribution in [2.45, 2.75) is 146 Å². The van der Waals surface area contributed by atoms with Gasteiger partial charge >= 0.3 is 12.1 Å². The van der Waals surface area contributed by atoms with Gasteiger partial charge in [0.05, 0.1) is 29.8 Å². The van der Waals surface area contributed by atoms with Gasteiger partial charge in [0, 0.05) is 44.7 Å². The van der Waals surface area contributed by atoms with Gasteiger partial charge in [0.1, 0.15) is 30.0 Å². The molecule has 0 aliphatic carbocycles. The van der Waals surface area contributed by atoms with Crippen LogP contribution in [0.15, 0.2) is 35.9 Å². The molecule has 3 amide bonds. The molecule has 13 nitrogen and oxygen atoms in total. The number of methoxy groups -OCH3 is 1. The summed E-state index contributed by atoms with van der Waals surface area (Å²) in [7, 11) is 4.55. The van der Waals surface area contributed by atoms with Crippen LogP contribution < -0.4 is 10.2 Å². The normalized spacial score (nSPS) is 30.7. The Balaban J connectivity index is 1.70. The van der Waals surface area contributed by atoms with Crippen LogP contribution >= 0.6 is 23.4 Å². The highest BCUT2D eigenvalue weighted by Crippen LogP contribution is 2.49. The molecule has 0 aromatic heterocycles. The number of amides is 3. The fourth-order valence-corrected chi connectivity index (χ4v) is 9.35. The van der Waals surface area contributed by atoms with Crippen molar-refractivity contribution in [3.8, 4) is 0 Å². The van der Waals surface area contributed by atoms with Crippen LogP contribution in [0.3, 0.4) is 0 Å². The van der Waals surface area contributed by atoms with Crippen molar-refractivity contribution < 1.29 is 48.3 Å². The van der Waals surface area contributed by atoms with Crippen molar-refractivity contribution in [2.24, 2.45) is 5.92 Å². The average Bonchev–Trinajstić information content (AvgIpc) is 3.82. The SMILES string of the molecule is CO[C@@H]1/C=C/C=C(\C)Cc2cc(CO)c(Cl)c(c2)N(C)C(=O)C[C@H](OC(=O)[C@@H](C)N(C)C(=O)CCC(C)(C)SC(C)C)[C@]2(C)O[C@H]2[C@H](C)[C@@H]2C[C@@]1(O)NC(=O)O2. The number of anilines is 1. The molecule has 3 heterocycles. The van der Waals surface area contributed by atoms with E-state index in [0.717, 1.165) is 11.1 Å². The number of carbonyl (C=O) groups excluding carboxylic acids is 4. The Bertz CT molecular complexity index is 1700. The van der Waals surface area contributed by atoms with Crippen molar-refractivity contribution >= 4 is 52.9 Å². The lowest BCUT2D eigenvalue weighted by Gasteiger charge is -2.42. The third-order valence-electron chi connectivity index (χ3n) is 11.1. The molecule has 4 bridgehead atoms. The molecule has 0 spiro atoms. The number of carbonyl (C=O) groups is 4. The summed E-state index contributed by atoms with van der Waals surface area (Å²) in [6, 6.07) is 2.56. The fourth-order valence-electron chi connectivity index (χ4n) is 7.56. The summed E-state index contributed by atoms with van der Waals surface area (Å²) in [5.41, 5.74) is -0.592. The number of fused-ring (bicyclic) bond motifs is 5. The number of aliphatic hydroxyl groups is 2. The van der Waals surface area contributed by atoms with Gasteiger partial charge in [-0.2, -0.15) is 11.8 Å². The van der Waals surface area contributed by atoms with Gasteiger partial charge in [-0.25, -0.2) is 9.59 Å². The molecule has 2 saturated heterocycles. The first kappa shape index (κ1) is 45.6. The number of epoxide rings is 1. The minimum Gasteiger partial charge on any atom is -0.457 e. The molecule has 2 fully saturated rings. The predicted molar refractivity (Wildman–Crippen MR) is 216 cm³/mol. The molecule has 3 N–H and O–H groups in total. The van der Waals surface area contributed by atoms with Crippen LogP contribution in [0.25, 0.3) is 0 Å². The number of allylic oxidation sites excluding steroid dienone is 3. The number of ether oxygens (including phenoxy) is 4. The Morgan fingerprint density at radius 2 is 1.91 bits per heavy atom. The molecule has 3 aliphatic heterocycles. The number of halogens is 1. The van der Waals surface area contributed by atoms with Gasteiger partial charge in [-0.15, -0.1) is 0 Å². The van der Waals surface area contributed by atoms with Crippen molar-refractivity contribution in [1.29, 1.82) is 0 Å². The smallest absolute Gasteiger partial charge is 0.409 e. The highest BCUT2D eigenvalue weighted by molar-refractivity contribution is 8.01. The van der Waals surface area contributed by atoms with Gasteiger partial charge in [-0.3, -0.25) is 14.9 Å². The Kier molecular flexibility index (Phi) is 14.8. The number of esters is 1. The molecule has 15 heteroatoms. The lowest BCUT2D eigenvalue weighted by molar-refractivity contribution is -0.162. The van der Waals surface area contributed by atoms with Crippen molar-refractivity contribution in [1.82, 2.24) is 10.2 Å². The molecule has 3 aliphatic rings. The number of thioether (sulfide) groups is 1. The largest absolute Gasteiger partial charge is 0.457 e. The molecule has 56 heavy (non-hydrogen) atoms. The number of nitrogens with one attached hydrogen (secondary N) is 1. The summed E-state index contributed by atoms with van der Waals surface area (Å²) in [5, 5.41) is 25.1. The van der Waals surface area contributed by atoms with Gasteiger partial charge in [0.2, 0.25) is 11.8 Å². The number of alkyl carbamates (subject to hydrolysis) is 1. The molecule has 0 unspecified atom stereocenters. The Morgan fingerprint density at radius 1 is 1.23 bits per heavy atom. The van der Waals surface area contributed by atoms with Gasteiger partial charge in [-0.05, 0) is 56.1 Å². The number of hydrogen-bond donors (Lipinski definition) is 3. The van der Waals surface area contributed by atoms with Crippen LogP contribution in [0.5, 0.6) is 0 Å². The standard InChI is InChI=1S/C41H60ClN3O10S/c1-23(2)56-39(6,7)16-15-33(47)44(9)26(5)37(49)54-32-20-34(48)45(10)29-19-27(18-28(22-46)35(29)42)17-24(3)13-12-14-31(52-11)41(51)21-30(53-38(50)43-41)25(4)36-40(32,8)55-36/h12-14,18-19,23,25-26,30-32,36,46,51H,15-17,20-22H2,1-11H3,(H,43,50)/b14-12+,24-13+/t25-,26-,30+,31-,32+,36+,40+,41+/m1/s1. The second kappa shape index (κ2) is 18.2. The zero-order valence-corrected chi connectivity index (χ0v) is 36.1. The van der Waals surface area contributed by atoms with Gasteiger partial charge in [0.15, 0.2) is 5.72 Å². The summed E-state index contributed by atoms with van der Waals surface area (Å²) in [5.74, 6) is -1.92. The highest BCUT2D eigenvalue weighted by atomic mass is 35.5. The first-order valence-corrected chi connectivity index (χ1v) is 20.4. The van der Waals surface area contributed by atoms with E-state index in [4.69, 9.17) is 30.5 Å².